The minimum absolute atomic E-state index is 0.00494. The molecule has 136 valence electrons. The van der Waals surface area contributed by atoms with Gasteiger partial charge in [0.05, 0.1) is 13.2 Å². The highest BCUT2D eigenvalue weighted by Gasteiger charge is 2.40. The summed E-state index contributed by atoms with van der Waals surface area (Å²) in [6, 6.07) is 4.33. The number of methoxy groups -OCH3 is 1. The highest BCUT2D eigenvalue weighted by molar-refractivity contribution is 5.75. The lowest BCUT2D eigenvalue weighted by molar-refractivity contribution is 0.0965. The summed E-state index contributed by atoms with van der Waals surface area (Å²) in [5.41, 5.74) is 0.987. The molecule has 0 spiro atoms. The zero-order chi connectivity index (χ0) is 17.2. The van der Waals surface area contributed by atoms with Gasteiger partial charge in [0.25, 0.3) is 0 Å². The van der Waals surface area contributed by atoms with Crippen LogP contribution in [0.3, 0.4) is 0 Å². The Hall–Kier alpha value is -1.82. The van der Waals surface area contributed by atoms with Crippen LogP contribution in [-0.4, -0.2) is 48.3 Å². The first-order valence-electron chi connectivity index (χ1n) is 9.45. The number of aromatic nitrogens is 1. The average molecular weight is 345 g/mol. The van der Waals surface area contributed by atoms with Crippen molar-refractivity contribution in [2.75, 3.05) is 20.3 Å². The van der Waals surface area contributed by atoms with Gasteiger partial charge in [0.1, 0.15) is 6.10 Å². The summed E-state index contributed by atoms with van der Waals surface area (Å²) >= 11 is 0. The molecule has 2 saturated heterocycles. The number of pyridine rings is 1. The highest BCUT2D eigenvalue weighted by atomic mass is 16.5. The predicted molar refractivity (Wildman–Crippen MR) is 93.5 cm³/mol. The van der Waals surface area contributed by atoms with Crippen LogP contribution in [0.1, 0.15) is 50.2 Å². The Bertz CT molecular complexity index is 606. The van der Waals surface area contributed by atoms with Crippen molar-refractivity contribution >= 4 is 6.03 Å². The molecule has 1 saturated carbocycles. The van der Waals surface area contributed by atoms with E-state index in [2.05, 4.69) is 15.2 Å². The van der Waals surface area contributed by atoms with Crippen molar-refractivity contribution < 1.29 is 14.3 Å². The molecule has 0 radical (unpaired) electrons. The number of ether oxygens (including phenoxy) is 2. The van der Waals surface area contributed by atoms with Crippen LogP contribution in [0.15, 0.2) is 18.3 Å². The smallest absolute Gasteiger partial charge is 0.317 e. The van der Waals surface area contributed by atoms with E-state index in [-0.39, 0.29) is 18.2 Å². The van der Waals surface area contributed by atoms with E-state index in [1.807, 2.05) is 12.1 Å². The molecule has 25 heavy (non-hydrogen) atoms. The maximum absolute atomic E-state index is 12.9. The number of amides is 2. The van der Waals surface area contributed by atoms with E-state index in [0.29, 0.717) is 24.4 Å². The fraction of sp³-hybridized carbons (Fsp3) is 0.684. The van der Waals surface area contributed by atoms with Crippen LogP contribution in [0, 0.1) is 5.92 Å². The van der Waals surface area contributed by atoms with Gasteiger partial charge in [-0.1, -0.05) is 12.8 Å². The van der Waals surface area contributed by atoms with E-state index in [4.69, 9.17) is 9.47 Å². The number of hydrogen-bond donors (Lipinski definition) is 1. The van der Waals surface area contributed by atoms with Gasteiger partial charge in [0.2, 0.25) is 5.88 Å². The SMILES string of the molecule is COc1ccc([C@H]2OCC[C@@H]2NC(=O)N2CC[C@H]3CCCC[C@H]32)cn1. The monoisotopic (exact) mass is 345 g/mol. The molecule has 6 nitrogen and oxygen atoms in total. The van der Waals surface area contributed by atoms with Gasteiger partial charge in [-0.3, -0.25) is 0 Å². The molecule has 4 rings (SSSR count). The lowest BCUT2D eigenvalue weighted by atomic mass is 9.85. The second-order valence-corrected chi connectivity index (χ2v) is 7.36. The van der Waals surface area contributed by atoms with Crippen molar-refractivity contribution in [3.63, 3.8) is 0 Å². The number of rotatable bonds is 3. The number of likely N-dealkylation sites (tertiary alicyclic amines) is 1. The summed E-state index contributed by atoms with van der Waals surface area (Å²) in [5.74, 6) is 1.30. The van der Waals surface area contributed by atoms with Crippen LogP contribution in [0.2, 0.25) is 0 Å². The van der Waals surface area contributed by atoms with Gasteiger partial charge in [-0.05, 0) is 37.7 Å². The fourth-order valence-electron chi connectivity index (χ4n) is 4.65. The molecule has 4 atom stereocenters. The van der Waals surface area contributed by atoms with Crippen LogP contribution < -0.4 is 10.1 Å². The Labute approximate surface area is 148 Å². The third kappa shape index (κ3) is 3.32. The molecule has 1 N–H and O–H groups in total. The Morgan fingerprint density at radius 1 is 1.28 bits per heavy atom. The molecule has 0 aromatic carbocycles. The van der Waals surface area contributed by atoms with Crippen molar-refractivity contribution in [1.29, 1.82) is 0 Å². The van der Waals surface area contributed by atoms with E-state index >= 15 is 0 Å². The first kappa shape index (κ1) is 16.6. The summed E-state index contributed by atoms with van der Waals surface area (Å²) in [5, 5.41) is 3.23. The fourth-order valence-corrected chi connectivity index (χ4v) is 4.65. The van der Waals surface area contributed by atoms with Gasteiger partial charge in [-0.25, -0.2) is 9.78 Å². The number of carbonyl (C=O) groups is 1. The van der Waals surface area contributed by atoms with Crippen LogP contribution in [0.25, 0.3) is 0 Å². The molecule has 3 fully saturated rings. The lowest BCUT2D eigenvalue weighted by Gasteiger charge is -2.33. The molecule has 0 unspecified atom stereocenters. The summed E-state index contributed by atoms with van der Waals surface area (Å²) < 4.78 is 11.0. The summed E-state index contributed by atoms with van der Waals surface area (Å²) in [6.45, 7) is 1.55. The third-order valence-electron chi connectivity index (χ3n) is 5.97. The second-order valence-electron chi connectivity index (χ2n) is 7.36. The molecule has 3 heterocycles. The van der Waals surface area contributed by atoms with Gasteiger partial charge < -0.3 is 19.7 Å². The average Bonchev–Trinajstić information content (AvgIpc) is 3.28. The van der Waals surface area contributed by atoms with Gasteiger partial charge in [0, 0.05) is 37.0 Å². The van der Waals surface area contributed by atoms with Crippen molar-refractivity contribution in [3.8, 4) is 5.88 Å². The predicted octanol–water partition coefficient (Wildman–Crippen LogP) is 2.89. The standard InChI is InChI=1S/C19H27N3O3/c1-24-17-7-6-14(12-20-17)18-15(9-11-25-18)21-19(23)22-10-8-13-4-2-3-5-16(13)22/h6-7,12-13,15-16,18H,2-5,8-11H2,1H3,(H,21,23)/t13-,15+,16-,18-/m1/s1. The first-order valence-corrected chi connectivity index (χ1v) is 9.45. The summed E-state index contributed by atoms with van der Waals surface area (Å²) in [7, 11) is 1.60. The quantitative estimate of drug-likeness (QED) is 0.915. The van der Waals surface area contributed by atoms with Crippen molar-refractivity contribution in [1.82, 2.24) is 15.2 Å². The summed E-state index contributed by atoms with van der Waals surface area (Å²) in [4.78, 5) is 19.2. The molecule has 3 aliphatic rings. The molecule has 1 aliphatic carbocycles. The number of hydrogen-bond acceptors (Lipinski definition) is 4. The third-order valence-corrected chi connectivity index (χ3v) is 5.97. The largest absolute Gasteiger partial charge is 0.481 e. The molecular weight excluding hydrogens is 318 g/mol. The van der Waals surface area contributed by atoms with E-state index in [0.717, 1.165) is 31.4 Å². The van der Waals surface area contributed by atoms with E-state index < -0.39 is 0 Å². The zero-order valence-corrected chi connectivity index (χ0v) is 14.8. The first-order chi connectivity index (χ1) is 12.3. The van der Waals surface area contributed by atoms with Crippen molar-refractivity contribution in [3.05, 3.63) is 23.9 Å². The molecular formula is C19H27N3O3. The number of nitrogens with one attached hydrogen (secondary N) is 1. The maximum Gasteiger partial charge on any atom is 0.317 e. The van der Waals surface area contributed by atoms with Crippen LogP contribution in [0.4, 0.5) is 4.79 Å². The Balaban J connectivity index is 1.41. The number of fused-ring (bicyclic) bond motifs is 1. The minimum Gasteiger partial charge on any atom is -0.481 e. The molecule has 0 bridgehead atoms. The number of carbonyl (C=O) groups excluding carboxylic acids is 1. The minimum atomic E-state index is -0.132. The molecule has 2 aliphatic heterocycles. The lowest BCUT2D eigenvalue weighted by Crippen LogP contribution is -2.49. The number of urea groups is 1. The highest BCUT2D eigenvalue weighted by Crippen LogP contribution is 2.36. The van der Waals surface area contributed by atoms with Crippen LogP contribution in [-0.2, 0) is 4.74 Å². The van der Waals surface area contributed by atoms with Crippen molar-refractivity contribution in [2.45, 2.75) is 56.7 Å². The van der Waals surface area contributed by atoms with Crippen molar-refractivity contribution in [2.24, 2.45) is 5.92 Å². The van der Waals surface area contributed by atoms with E-state index in [1.165, 1.54) is 19.3 Å². The normalized spacial score (nSPS) is 31.6. The zero-order valence-electron chi connectivity index (χ0n) is 14.8. The van der Waals surface area contributed by atoms with Gasteiger partial charge in [0.15, 0.2) is 0 Å². The number of nitrogens with zero attached hydrogens (tertiary/aromatic N) is 2. The van der Waals surface area contributed by atoms with Crippen LogP contribution >= 0.6 is 0 Å². The topological polar surface area (TPSA) is 63.7 Å². The summed E-state index contributed by atoms with van der Waals surface area (Å²) in [6.07, 6.45) is 8.65. The Morgan fingerprint density at radius 2 is 2.16 bits per heavy atom. The molecule has 6 heteroatoms. The molecule has 1 aromatic rings. The van der Waals surface area contributed by atoms with E-state index in [1.54, 1.807) is 13.3 Å². The maximum atomic E-state index is 12.9. The second kappa shape index (κ2) is 7.20. The van der Waals surface area contributed by atoms with Gasteiger partial charge >= 0.3 is 6.03 Å². The Kier molecular flexibility index (Phi) is 4.79. The van der Waals surface area contributed by atoms with Gasteiger partial charge in [-0.2, -0.15) is 0 Å². The molecule has 2 amide bonds. The van der Waals surface area contributed by atoms with E-state index in [9.17, 15) is 4.79 Å². The molecule has 1 aromatic heterocycles. The van der Waals surface area contributed by atoms with Gasteiger partial charge in [-0.15, -0.1) is 0 Å². The van der Waals surface area contributed by atoms with Crippen LogP contribution in [0.5, 0.6) is 5.88 Å². The Morgan fingerprint density at radius 3 is 2.96 bits per heavy atom.